The second kappa shape index (κ2) is 5.23. The van der Waals surface area contributed by atoms with Crippen molar-refractivity contribution < 1.29 is 9.15 Å². The normalized spacial score (nSPS) is 10.7. The number of hydrogen-bond acceptors (Lipinski definition) is 4. The Morgan fingerprint density at radius 1 is 1.28 bits per heavy atom. The first kappa shape index (κ1) is 12.6. The van der Waals surface area contributed by atoms with Crippen molar-refractivity contribution in [2.75, 3.05) is 7.05 Å². The largest absolute Gasteiger partial charge is 0.417 e. The molecule has 1 N–H and O–H groups in total. The van der Waals surface area contributed by atoms with Gasteiger partial charge in [-0.25, -0.2) is 0 Å². The second-order valence-corrected chi connectivity index (χ2v) is 4.44. The van der Waals surface area contributed by atoms with Gasteiger partial charge in [0.25, 0.3) is 0 Å². The van der Waals surface area contributed by atoms with Crippen molar-refractivity contribution in [3.63, 3.8) is 0 Å². The monoisotopic (exact) mass is 246 g/mol. The van der Waals surface area contributed by atoms with Gasteiger partial charge in [0.2, 0.25) is 0 Å². The number of benzene rings is 1. The summed E-state index contributed by atoms with van der Waals surface area (Å²) in [6, 6.07) is 4.12. The molecule has 0 atom stereocenters. The summed E-state index contributed by atoms with van der Waals surface area (Å²) in [6.45, 7) is 6.80. The van der Waals surface area contributed by atoms with Crippen LogP contribution < -0.4 is 10.1 Å². The number of aromatic nitrogens is 1. The van der Waals surface area contributed by atoms with E-state index in [1.165, 1.54) is 5.56 Å². The van der Waals surface area contributed by atoms with E-state index in [1.54, 1.807) is 6.26 Å². The van der Waals surface area contributed by atoms with Crippen LogP contribution in [0.5, 0.6) is 11.8 Å². The summed E-state index contributed by atoms with van der Waals surface area (Å²) in [5.41, 5.74) is 4.30. The van der Waals surface area contributed by atoms with E-state index in [2.05, 4.69) is 23.3 Å². The van der Waals surface area contributed by atoms with Crippen molar-refractivity contribution in [1.82, 2.24) is 10.3 Å². The van der Waals surface area contributed by atoms with Crippen molar-refractivity contribution in [3.05, 3.63) is 40.8 Å². The molecule has 1 aromatic heterocycles. The smallest absolute Gasteiger partial charge is 0.399 e. The van der Waals surface area contributed by atoms with E-state index in [1.807, 2.05) is 27.0 Å². The number of hydrogen-bond donors (Lipinski definition) is 1. The summed E-state index contributed by atoms with van der Waals surface area (Å²) in [5, 5.41) is 3.01. The summed E-state index contributed by atoms with van der Waals surface area (Å²) in [4.78, 5) is 4.24. The highest BCUT2D eigenvalue weighted by Crippen LogP contribution is 2.27. The van der Waals surface area contributed by atoms with Gasteiger partial charge in [-0.1, -0.05) is 6.07 Å². The van der Waals surface area contributed by atoms with Crippen molar-refractivity contribution in [1.29, 1.82) is 0 Å². The van der Waals surface area contributed by atoms with Crippen molar-refractivity contribution in [2.45, 2.75) is 27.3 Å². The Bertz CT molecular complexity index is 547. The van der Waals surface area contributed by atoms with Crippen LogP contribution in [0.3, 0.4) is 0 Å². The molecule has 18 heavy (non-hydrogen) atoms. The lowest BCUT2D eigenvalue weighted by molar-refractivity contribution is 0.329. The molecular weight excluding hydrogens is 228 g/mol. The third-order valence-electron chi connectivity index (χ3n) is 2.85. The third-order valence-corrected chi connectivity index (χ3v) is 2.85. The molecule has 0 spiro atoms. The Morgan fingerprint density at radius 2 is 2.06 bits per heavy atom. The van der Waals surface area contributed by atoms with E-state index in [9.17, 15) is 0 Å². The predicted molar refractivity (Wildman–Crippen MR) is 70.0 cm³/mol. The Balaban J connectivity index is 2.22. The summed E-state index contributed by atoms with van der Waals surface area (Å²) in [5.74, 6) is 0.797. The fourth-order valence-corrected chi connectivity index (χ4v) is 1.80. The van der Waals surface area contributed by atoms with Crippen LogP contribution in [0, 0.1) is 20.8 Å². The summed E-state index contributed by atoms with van der Waals surface area (Å²) in [7, 11) is 1.86. The number of oxazole rings is 1. The molecule has 0 aliphatic rings. The zero-order valence-corrected chi connectivity index (χ0v) is 11.2. The standard InChI is InChI=1S/C14H18N2O2/c1-9-5-10(2)11(3)13(6-9)18-14-16-12(7-15-4)8-17-14/h5-6,8,15H,7H2,1-4H3. The molecular formula is C14H18N2O2. The van der Waals surface area contributed by atoms with E-state index < -0.39 is 0 Å². The van der Waals surface area contributed by atoms with Gasteiger partial charge in [0.15, 0.2) is 0 Å². The summed E-state index contributed by atoms with van der Waals surface area (Å²) >= 11 is 0. The molecule has 0 saturated heterocycles. The van der Waals surface area contributed by atoms with E-state index >= 15 is 0 Å². The molecule has 0 aliphatic heterocycles. The van der Waals surface area contributed by atoms with Crippen LogP contribution in [0.15, 0.2) is 22.8 Å². The van der Waals surface area contributed by atoms with Gasteiger partial charge in [-0.2, -0.15) is 4.98 Å². The molecule has 0 saturated carbocycles. The molecule has 2 aromatic rings. The highest BCUT2D eigenvalue weighted by molar-refractivity contribution is 5.42. The molecule has 0 aliphatic carbocycles. The SMILES string of the molecule is CNCc1coc(Oc2cc(C)cc(C)c2C)n1. The number of ether oxygens (including phenoxy) is 1. The average molecular weight is 246 g/mol. The topological polar surface area (TPSA) is 47.3 Å². The first-order valence-electron chi connectivity index (χ1n) is 5.95. The summed E-state index contributed by atoms with van der Waals surface area (Å²) < 4.78 is 11.0. The molecule has 1 aromatic carbocycles. The Kier molecular flexibility index (Phi) is 3.67. The maximum atomic E-state index is 5.69. The Morgan fingerprint density at radius 3 is 2.78 bits per heavy atom. The number of aryl methyl sites for hydroxylation is 2. The highest BCUT2D eigenvalue weighted by Gasteiger charge is 2.09. The Hall–Kier alpha value is -1.81. The lowest BCUT2D eigenvalue weighted by atomic mass is 10.1. The minimum atomic E-state index is 0.286. The predicted octanol–water partition coefficient (Wildman–Crippen LogP) is 3.11. The lowest BCUT2D eigenvalue weighted by Crippen LogP contribution is -2.04. The quantitative estimate of drug-likeness (QED) is 0.900. The van der Waals surface area contributed by atoms with E-state index in [4.69, 9.17) is 9.15 Å². The molecule has 0 radical (unpaired) electrons. The van der Waals surface area contributed by atoms with Crippen molar-refractivity contribution >= 4 is 0 Å². The van der Waals surface area contributed by atoms with Gasteiger partial charge in [-0.05, 0) is 50.6 Å². The van der Waals surface area contributed by atoms with Gasteiger partial charge in [0.05, 0.1) is 5.69 Å². The van der Waals surface area contributed by atoms with E-state index in [-0.39, 0.29) is 6.08 Å². The minimum absolute atomic E-state index is 0.286. The fourth-order valence-electron chi connectivity index (χ4n) is 1.80. The maximum Gasteiger partial charge on any atom is 0.399 e. The molecule has 4 nitrogen and oxygen atoms in total. The van der Waals surface area contributed by atoms with Gasteiger partial charge in [-0.3, -0.25) is 0 Å². The van der Waals surface area contributed by atoms with Crippen LogP contribution in [0.2, 0.25) is 0 Å². The molecule has 0 unspecified atom stereocenters. The molecule has 0 fully saturated rings. The first-order chi connectivity index (χ1) is 8.60. The molecule has 96 valence electrons. The van der Waals surface area contributed by atoms with Crippen LogP contribution in [0.1, 0.15) is 22.4 Å². The molecule has 4 heteroatoms. The summed E-state index contributed by atoms with van der Waals surface area (Å²) in [6.07, 6.45) is 1.89. The molecule has 0 bridgehead atoms. The molecule has 2 rings (SSSR count). The van der Waals surface area contributed by atoms with Crippen LogP contribution >= 0.6 is 0 Å². The fraction of sp³-hybridized carbons (Fsp3) is 0.357. The Labute approximate surface area is 107 Å². The minimum Gasteiger partial charge on any atom is -0.417 e. The average Bonchev–Trinajstić information content (AvgIpc) is 2.73. The zero-order chi connectivity index (χ0) is 13.1. The van der Waals surface area contributed by atoms with Gasteiger partial charge in [0.1, 0.15) is 12.0 Å². The van der Waals surface area contributed by atoms with Crippen LogP contribution in [-0.2, 0) is 6.54 Å². The highest BCUT2D eigenvalue weighted by atomic mass is 16.6. The number of nitrogens with zero attached hydrogens (tertiary/aromatic N) is 1. The molecule has 1 heterocycles. The third kappa shape index (κ3) is 2.71. The maximum absolute atomic E-state index is 5.69. The van der Waals surface area contributed by atoms with Gasteiger partial charge < -0.3 is 14.5 Å². The van der Waals surface area contributed by atoms with Crippen molar-refractivity contribution in [2.24, 2.45) is 0 Å². The zero-order valence-electron chi connectivity index (χ0n) is 11.2. The first-order valence-corrected chi connectivity index (χ1v) is 5.95. The number of nitrogens with one attached hydrogen (secondary N) is 1. The van der Waals surface area contributed by atoms with E-state index in [0.29, 0.717) is 6.54 Å². The second-order valence-electron chi connectivity index (χ2n) is 4.44. The van der Waals surface area contributed by atoms with Gasteiger partial charge in [0, 0.05) is 6.54 Å². The van der Waals surface area contributed by atoms with Crippen LogP contribution in [0.25, 0.3) is 0 Å². The van der Waals surface area contributed by atoms with Crippen LogP contribution in [0.4, 0.5) is 0 Å². The van der Waals surface area contributed by atoms with E-state index in [0.717, 1.165) is 22.6 Å². The number of rotatable bonds is 4. The lowest BCUT2D eigenvalue weighted by Gasteiger charge is -2.08. The van der Waals surface area contributed by atoms with Crippen LogP contribution in [-0.4, -0.2) is 12.0 Å². The van der Waals surface area contributed by atoms with Gasteiger partial charge in [-0.15, -0.1) is 0 Å². The molecule has 0 amide bonds. The van der Waals surface area contributed by atoms with Gasteiger partial charge >= 0.3 is 6.08 Å². The van der Waals surface area contributed by atoms with Crippen molar-refractivity contribution in [3.8, 4) is 11.8 Å².